The van der Waals surface area contributed by atoms with Gasteiger partial charge in [0.1, 0.15) is 11.4 Å². The smallest absolute Gasteiger partial charge is 0.382 e. The number of pyridine rings is 1. The Bertz CT molecular complexity index is 1270. The van der Waals surface area contributed by atoms with Crippen LogP contribution in [0.1, 0.15) is 54.5 Å². The van der Waals surface area contributed by atoms with Crippen LogP contribution in [-0.4, -0.2) is 32.8 Å². The van der Waals surface area contributed by atoms with E-state index in [0.717, 1.165) is 10.7 Å². The standard InChI is InChI=1S/C23H22ClF6N5O/c1-2-35-18(11-20(34-35)23(28,29)30)21(36)32-14-5-3-4-13(9-14)31-17-10-19(22(25,26)27)33-16-7-6-12(24)8-15(16)17/h6-8,10-11,13-14H,2-5,9H2,1H3,(H,31,33)(H,32,36)/t13-,14+/m0/s1. The minimum Gasteiger partial charge on any atom is -0.382 e. The first-order valence-electron chi connectivity index (χ1n) is 11.2. The predicted molar refractivity (Wildman–Crippen MR) is 122 cm³/mol. The van der Waals surface area contributed by atoms with Crippen LogP contribution in [0.3, 0.4) is 0 Å². The van der Waals surface area contributed by atoms with Crippen LogP contribution in [0.2, 0.25) is 5.02 Å². The molecule has 1 amide bonds. The Labute approximate surface area is 207 Å². The second-order valence-electron chi connectivity index (χ2n) is 8.62. The summed E-state index contributed by atoms with van der Waals surface area (Å²) in [5, 5.41) is 10.1. The van der Waals surface area contributed by atoms with Crippen LogP contribution >= 0.6 is 11.6 Å². The molecule has 13 heteroatoms. The molecule has 36 heavy (non-hydrogen) atoms. The summed E-state index contributed by atoms with van der Waals surface area (Å²) in [6, 6.07) is 5.35. The molecule has 1 fully saturated rings. The summed E-state index contributed by atoms with van der Waals surface area (Å²) < 4.78 is 80.3. The highest BCUT2D eigenvalue weighted by Crippen LogP contribution is 2.35. The largest absolute Gasteiger partial charge is 0.435 e. The number of fused-ring (bicyclic) bond motifs is 1. The summed E-state index contributed by atoms with van der Waals surface area (Å²) in [5.74, 6) is -0.689. The van der Waals surface area contributed by atoms with Gasteiger partial charge in [-0.1, -0.05) is 11.6 Å². The van der Waals surface area contributed by atoms with E-state index in [1.165, 1.54) is 18.2 Å². The van der Waals surface area contributed by atoms with E-state index >= 15 is 0 Å². The van der Waals surface area contributed by atoms with Crippen molar-refractivity contribution >= 4 is 34.1 Å². The molecule has 2 atom stereocenters. The summed E-state index contributed by atoms with van der Waals surface area (Å²) in [7, 11) is 0. The summed E-state index contributed by atoms with van der Waals surface area (Å²) in [5.41, 5.74) is -2.06. The zero-order chi connectivity index (χ0) is 26.3. The highest BCUT2D eigenvalue weighted by molar-refractivity contribution is 6.31. The van der Waals surface area contributed by atoms with Gasteiger partial charge in [0.05, 0.1) is 5.52 Å². The number of rotatable bonds is 5. The zero-order valence-electron chi connectivity index (χ0n) is 19.0. The number of nitrogens with zero attached hydrogens (tertiary/aromatic N) is 3. The second-order valence-corrected chi connectivity index (χ2v) is 9.06. The van der Waals surface area contributed by atoms with Crippen LogP contribution in [-0.2, 0) is 18.9 Å². The van der Waals surface area contributed by atoms with E-state index < -0.39 is 35.7 Å². The molecule has 2 aromatic heterocycles. The third kappa shape index (κ3) is 5.69. The van der Waals surface area contributed by atoms with Crippen molar-refractivity contribution in [3.8, 4) is 0 Å². The molecule has 1 aromatic carbocycles. The first-order valence-corrected chi connectivity index (χ1v) is 11.6. The lowest BCUT2D eigenvalue weighted by Gasteiger charge is -2.31. The Balaban J connectivity index is 1.53. The summed E-state index contributed by atoms with van der Waals surface area (Å²) >= 11 is 6.05. The number of aromatic nitrogens is 3. The van der Waals surface area contributed by atoms with E-state index in [4.69, 9.17) is 11.6 Å². The van der Waals surface area contributed by atoms with Gasteiger partial charge in [0.15, 0.2) is 5.69 Å². The number of benzene rings is 1. The van der Waals surface area contributed by atoms with E-state index in [1.807, 2.05) is 0 Å². The van der Waals surface area contributed by atoms with Crippen molar-refractivity contribution in [1.82, 2.24) is 20.1 Å². The third-order valence-electron chi connectivity index (χ3n) is 6.03. The van der Waals surface area contributed by atoms with Crippen molar-refractivity contribution in [1.29, 1.82) is 0 Å². The minimum absolute atomic E-state index is 0.0763. The molecule has 3 aromatic rings. The van der Waals surface area contributed by atoms with Crippen LogP contribution in [0, 0.1) is 0 Å². The monoisotopic (exact) mass is 533 g/mol. The molecule has 4 rings (SSSR count). The number of carbonyl (C=O) groups excluding carboxylic acids is 1. The Morgan fingerprint density at radius 3 is 2.42 bits per heavy atom. The van der Waals surface area contributed by atoms with E-state index in [1.54, 1.807) is 6.92 Å². The fourth-order valence-corrected chi connectivity index (χ4v) is 4.55. The number of hydrogen-bond donors (Lipinski definition) is 2. The number of amides is 1. The SMILES string of the molecule is CCn1nc(C(F)(F)F)cc1C(=O)N[C@@H]1CCC[C@H](Nc2cc(C(F)(F)F)nc3ccc(Cl)cc23)C1. The molecule has 2 N–H and O–H groups in total. The zero-order valence-corrected chi connectivity index (χ0v) is 19.7. The molecular formula is C23H22ClF6N5O. The molecule has 1 aliphatic carbocycles. The molecule has 6 nitrogen and oxygen atoms in total. The normalized spacial score (nSPS) is 18.9. The number of halogens is 7. The molecular weight excluding hydrogens is 512 g/mol. The Morgan fingerprint density at radius 2 is 1.75 bits per heavy atom. The molecule has 0 radical (unpaired) electrons. The van der Waals surface area contributed by atoms with Gasteiger partial charge < -0.3 is 10.6 Å². The number of nitrogens with one attached hydrogen (secondary N) is 2. The minimum atomic E-state index is -4.68. The molecule has 0 unspecified atom stereocenters. The van der Waals surface area contributed by atoms with Gasteiger partial charge in [0.25, 0.3) is 5.91 Å². The van der Waals surface area contributed by atoms with Crippen molar-refractivity contribution in [2.45, 2.75) is 63.6 Å². The summed E-state index contributed by atoms with van der Waals surface area (Å²) in [4.78, 5) is 16.5. The number of carbonyl (C=O) groups is 1. The van der Waals surface area contributed by atoms with Crippen molar-refractivity contribution in [3.63, 3.8) is 0 Å². The Kier molecular flexibility index (Phi) is 7.09. The Hall–Kier alpha value is -3.02. The first-order chi connectivity index (χ1) is 16.8. The average molecular weight is 534 g/mol. The lowest BCUT2D eigenvalue weighted by Crippen LogP contribution is -2.42. The van der Waals surface area contributed by atoms with Gasteiger partial charge >= 0.3 is 12.4 Å². The third-order valence-corrected chi connectivity index (χ3v) is 6.27. The van der Waals surface area contributed by atoms with Gasteiger partial charge in [-0.2, -0.15) is 31.4 Å². The molecule has 1 saturated carbocycles. The lowest BCUT2D eigenvalue weighted by molar-refractivity contribution is -0.142. The molecule has 0 saturated heterocycles. The first kappa shape index (κ1) is 26.1. The van der Waals surface area contributed by atoms with Gasteiger partial charge in [0.2, 0.25) is 0 Å². The number of aryl methyl sites for hydroxylation is 1. The average Bonchev–Trinajstić information content (AvgIpc) is 3.24. The van der Waals surface area contributed by atoms with Gasteiger partial charge in [0, 0.05) is 40.8 Å². The second kappa shape index (κ2) is 9.79. The van der Waals surface area contributed by atoms with E-state index in [2.05, 4.69) is 20.7 Å². The molecule has 0 spiro atoms. The van der Waals surface area contributed by atoms with Crippen LogP contribution < -0.4 is 10.6 Å². The predicted octanol–water partition coefficient (Wildman–Crippen LogP) is 6.30. The van der Waals surface area contributed by atoms with Crippen LogP contribution in [0.25, 0.3) is 10.9 Å². The number of alkyl halides is 6. The van der Waals surface area contributed by atoms with Crippen LogP contribution in [0.5, 0.6) is 0 Å². The highest BCUT2D eigenvalue weighted by Gasteiger charge is 2.36. The molecule has 0 aliphatic heterocycles. The highest BCUT2D eigenvalue weighted by atomic mass is 35.5. The van der Waals surface area contributed by atoms with Crippen molar-refractivity contribution in [3.05, 3.63) is 52.4 Å². The molecule has 194 valence electrons. The van der Waals surface area contributed by atoms with Crippen molar-refractivity contribution in [2.75, 3.05) is 5.32 Å². The fourth-order valence-electron chi connectivity index (χ4n) is 4.37. The van der Waals surface area contributed by atoms with Crippen molar-refractivity contribution in [2.24, 2.45) is 0 Å². The van der Waals surface area contributed by atoms with Gasteiger partial charge in [-0.05, 0) is 56.9 Å². The maximum absolute atomic E-state index is 13.4. The number of hydrogen-bond acceptors (Lipinski definition) is 4. The topological polar surface area (TPSA) is 71.8 Å². The fraction of sp³-hybridized carbons (Fsp3) is 0.435. The van der Waals surface area contributed by atoms with Gasteiger partial charge in [-0.25, -0.2) is 4.98 Å². The maximum atomic E-state index is 13.4. The van der Waals surface area contributed by atoms with Crippen LogP contribution in [0.15, 0.2) is 30.3 Å². The quantitative estimate of drug-likeness (QED) is 0.378. The summed E-state index contributed by atoms with van der Waals surface area (Å²) in [6.45, 7) is 1.65. The lowest BCUT2D eigenvalue weighted by atomic mass is 9.90. The van der Waals surface area contributed by atoms with Crippen molar-refractivity contribution < 1.29 is 31.1 Å². The maximum Gasteiger partial charge on any atom is 0.435 e. The molecule has 1 aliphatic rings. The summed E-state index contributed by atoms with van der Waals surface area (Å²) in [6.07, 6.45) is -7.11. The Morgan fingerprint density at radius 1 is 1.06 bits per heavy atom. The van der Waals surface area contributed by atoms with E-state index in [0.29, 0.717) is 42.2 Å². The van der Waals surface area contributed by atoms with Crippen LogP contribution in [0.4, 0.5) is 32.0 Å². The van der Waals surface area contributed by atoms with E-state index in [-0.39, 0.29) is 29.5 Å². The molecule has 0 bridgehead atoms. The van der Waals surface area contributed by atoms with Gasteiger partial charge in [-0.15, -0.1) is 0 Å². The van der Waals surface area contributed by atoms with E-state index in [9.17, 15) is 31.1 Å². The molecule has 2 heterocycles. The van der Waals surface area contributed by atoms with Gasteiger partial charge in [-0.3, -0.25) is 9.48 Å². The number of anilines is 1.